The number of rotatable bonds is 1. The van der Waals surface area contributed by atoms with E-state index < -0.39 is 0 Å². The number of hydrogen-bond acceptors (Lipinski definition) is 2. The summed E-state index contributed by atoms with van der Waals surface area (Å²) in [6.45, 7) is 7.09. The lowest BCUT2D eigenvalue weighted by Crippen LogP contribution is -2.43. The SMILES string of the molecule is CNN1CCC(C)(C)CC1. The standard InChI is InChI=1S/C8H18N2/c1-8(2)4-6-10(9-3)7-5-8/h9H,4-7H2,1-3H3. The van der Waals surface area contributed by atoms with Gasteiger partial charge in [-0.1, -0.05) is 13.8 Å². The third-order valence-corrected chi connectivity index (χ3v) is 2.43. The molecule has 0 aromatic heterocycles. The summed E-state index contributed by atoms with van der Waals surface area (Å²) in [6, 6.07) is 0. The first-order valence-electron chi connectivity index (χ1n) is 4.06. The maximum Gasteiger partial charge on any atom is 0.0135 e. The molecule has 0 spiro atoms. The van der Waals surface area contributed by atoms with Crippen molar-refractivity contribution in [3.05, 3.63) is 0 Å². The van der Waals surface area contributed by atoms with E-state index in [1.165, 1.54) is 25.9 Å². The second-order valence-electron chi connectivity index (χ2n) is 3.87. The molecule has 1 aliphatic heterocycles. The highest BCUT2D eigenvalue weighted by molar-refractivity contribution is 4.76. The molecule has 10 heavy (non-hydrogen) atoms. The van der Waals surface area contributed by atoms with Crippen LogP contribution < -0.4 is 5.43 Å². The first-order chi connectivity index (χ1) is 4.64. The molecule has 0 amide bonds. The molecule has 2 heteroatoms. The Hall–Kier alpha value is -0.0800. The fourth-order valence-corrected chi connectivity index (χ4v) is 1.34. The van der Waals surface area contributed by atoms with Crippen LogP contribution >= 0.6 is 0 Å². The minimum atomic E-state index is 0.577. The Morgan fingerprint density at radius 2 is 1.70 bits per heavy atom. The van der Waals surface area contributed by atoms with Gasteiger partial charge in [-0.15, -0.1) is 0 Å². The zero-order valence-corrected chi connectivity index (χ0v) is 7.28. The molecule has 1 saturated heterocycles. The molecule has 1 fully saturated rings. The van der Waals surface area contributed by atoms with Crippen LogP contribution in [-0.4, -0.2) is 25.1 Å². The van der Waals surface area contributed by atoms with Crippen molar-refractivity contribution in [2.45, 2.75) is 26.7 Å². The van der Waals surface area contributed by atoms with Gasteiger partial charge in [-0.3, -0.25) is 5.43 Å². The van der Waals surface area contributed by atoms with Gasteiger partial charge in [0.15, 0.2) is 0 Å². The summed E-state index contributed by atoms with van der Waals surface area (Å²) in [5, 5.41) is 2.28. The van der Waals surface area contributed by atoms with Gasteiger partial charge in [-0.25, -0.2) is 5.01 Å². The van der Waals surface area contributed by atoms with Crippen molar-refractivity contribution in [2.75, 3.05) is 20.1 Å². The molecule has 0 unspecified atom stereocenters. The lowest BCUT2D eigenvalue weighted by Gasteiger charge is -2.36. The fourth-order valence-electron chi connectivity index (χ4n) is 1.34. The van der Waals surface area contributed by atoms with E-state index in [2.05, 4.69) is 24.3 Å². The summed E-state index contributed by atoms with van der Waals surface area (Å²) in [5.41, 5.74) is 3.75. The molecule has 60 valence electrons. The second-order valence-corrected chi connectivity index (χ2v) is 3.87. The van der Waals surface area contributed by atoms with Crippen LogP contribution in [0.2, 0.25) is 0 Å². The van der Waals surface area contributed by atoms with E-state index >= 15 is 0 Å². The average molecular weight is 142 g/mol. The van der Waals surface area contributed by atoms with Crippen molar-refractivity contribution in [3.63, 3.8) is 0 Å². The van der Waals surface area contributed by atoms with Crippen molar-refractivity contribution in [1.29, 1.82) is 0 Å². The Morgan fingerprint density at radius 1 is 1.20 bits per heavy atom. The number of hydrogen-bond donors (Lipinski definition) is 1. The van der Waals surface area contributed by atoms with Gasteiger partial charge in [-0.2, -0.15) is 0 Å². The second kappa shape index (κ2) is 2.89. The molecule has 0 aromatic rings. The van der Waals surface area contributed by atoms with E-state index in [0.29, 0.717) is 5.41 Å². The van der Waals surface area contributed by atoms with E-state index in [1.54, 1.807) is 0 Å². The van der Waals surface area contributed by atoms with Crippen molar-refractivity contribution >= 4 is 0 Å². The van der Waals surface area contributed by atoms with E-state index in [0.717, 1.165) is 0 Å². The Morgan fingerprint density at radius 3 is 2.10 bits per heavy atom. The van der Waals surface area contributed by atoms with E-state index in [4.69, 9.17) is 0 Å². The summed E-state index contributed by atoms with van der Waals surface area (Å²) in [4.78, 5) is 0. The monoisotopic (exact) mass is 142 g/mol. The number of piperidine rings is 1. The van der Waals surface area contributed by atoms with Gasteiger partial charge in [0, 0.05) is 13.1 Å². The maximum absolute atomic E-state index is 3.18. The first-order valence-corrected chi connectivity index (χ1v) is 4.06. The van der Waals surface area contributed by atoms with Gasteiger partial charge in [0.25, 0.3) is 0 Å². The third kappa shape index (κ3) is 1.96. The molecule has 0 saturated carbocycles. The largest absolute Gasteiger partial charge is 0.258 e. The molecule has 0 atom stereocenters. The minimum Gasteiger partial charge on any atom is -0.258 e. The van der Waals surface area contributed by atoms with Crippen LogP contribution in [0.1, 0.15) is 26.7 Å². The summed E-state index contributed by atoms with van der Waals surface area (Å²) >= 11 is 0. The molecule has 1 rings (SSSR count). The van der Waals surface area contributed by atoms with Crippen LogP contribution in [0.25, 0.3) is 0 Å². The third-order valence-electron chi connectivity index (χ3n) is 2.43. The Labute approximate surface area is 63.6 Å². The van der Waals surface area contributed by atoms with Crippen molar-refractivity contribution in [2.24, 2.45) is 5.41 Å². The van der Waals surface area contributed by atoms with Gasteiger partial charge in [0.05, 0.1) is 0 Å². The molecule has 2 nitrogen and oxygen atoms in total. The van der Waals surface area contributed by atoms with Crippen molar-refractivity contribution in [1.82, 2.24) is 10.4 Å². The van der Waals surface area contributed by atoms with Gasteiger partial charge in [0.2, 0.25) is 0 Å². The molecule has 0 aromatic carbocycles. The molecule has 0 aliphatic carbocycles. The summed E-state index contributed by atoms with van der Waals surface area (Å²) in [6.07, 6.45) is 2.63. The summed E-state index contributed by atoms with van der Waals surface area (Å²) < 4.78 is 0. The molecule has 0 radical (unpaired) electrons. The van der Waals surface area contributed by atoms with Gasteiger partial charge in [0.1, 0.15) is 0 Å². The minimum absolute atomic E-state index is 0.577. The number of hydrazine groups is 1. The summed E-state index contributed by atoms with van der Waals surface area (Å²) in [5.74, 6) is 0. The zero-order valence-electron chi connectivity index (χ0n) is 7.28. The Balaban J connectivity index is 2.31. The quantitative estimate of drug-likeness (QED) is 0.592. The number of nitrogens with zero attached hydrogens (tertiary/aromatic N) is 1. The zero-order chi connectivity index (χ0) is 7.61. The van der Waals surface area contributed by atoms with E-state index in [9.17, 15) is 0 Å². The molecule has 1 heterocycles. The van der Waals surface area contributed by atoms with Gasteiger partial charge >= 0.3 is 0 Å². The first kappa shape index (κ1) is 8.02. The molecule has 0 bridgehead atoms. The Bertz CT molecular complexity index is 99.8. The predicted molar refractivity (Wildman–Crippen MR) is 43.6 cm³/mol. The van der Waals surface area contributed by atoms with Crippen LogP contribution in [-0.2, 0) is 0 Å². The lowest BCUT2D eigenvalue weighted by molar-refractivity contribution is 0.0970. The Kier molecular flexibility index (Phi) is 2.32. The van der Waals surface area contributed by atoms with Crippen LogP contribution in [0.15, 0.2) is 0 Å². The highest BCUT2D eigenvalue weighted by Crippen LogP contribution is 2.28. The normalized spacial score (nSPS) is 26.7. The average Bonchev–Trinajstić information content (AvgIpc) is 1.88. The van der Waals surface area contributed by atoms with E-state index in [-0.39, 0.29) is 0 Å². The van der Waals surface area contributed by atoms with Crippen LogP contribution in [0.5, 0.6) is 0 Å². The maximum atomic E-state index is 3.18. The van der Waals surface area contributed by atoms with Gasteiger partial charge < -0.3 is 0 Å². The fraction of sp³-hybridized carbons (Fsp3) is 1.00. The highest BCUT2D eigenvalue weighted by Gasteiger charge is 2.24. The topological polar surface area (TPSA) is 15.3 Å². The molecular weight excluding hydrogens is 124 g/mol. The van der Waals surface area contributed by atoms with Crippen molar-refractivity contribution < 1.29 is 0 Å². The smallest absolute Gasteiger partial charge is 0.0135 e. The summed E-state index contributed by atoms with van der Waals surface area (Å²) in [7, 11) is 2.00. The molecular formula is C8H18N2. The van der Waals surface area contributed by atoms with Gasteiger partial charge in [-0.05, 0) is 25.3 Å². The van der Waals surface area contributed by atoms with Crippen LogP contribution in [0.3, 0.4) is 0 Å². The van der Waals surface area contributed by atoms with E-state index in [1.807, 2.05) is 7.05 Å². The molecule has 1 N–H and O–H groups in total. The molecule has 1 aliphatic rings. The highest BCUT2D eigenvalue weighted by atomic mass is 15.5. The predicted octanol–water partition coefficient (Wildman–Crippen LogP) is 1.24. The number of nitrogens with one attached hydrogen (secondary N) is 1. The lowest BCUT2D eigenvalue weighted by atomic mass is 9.83. The van der Waals surface area contributed by atoms with Crippen molar-refractivity contribution in [3.8, 4) is 0 Å². The van der Waals surface area contributed by atoms with Crippen LogP contribution in [0, 0.1) is 5.41 Å². The van der Waals surface area contributed by atoms with Crippen LogP contribution in [0.4, 0.5) is 0 Å².